The van der Waals surface area contributed by atoms with Gasteiger partial charge >= 0.3 is 52.9 Å². The van der Waals surface area contributed by atoms with Crippen LogP contribution < -0.4 is 48.8 Å². The Bertz CT molecular complexity index is 4610. The zero-order chi connectivity index (χ0) is 71.6. The first-order chi connectivity index (χ1) is 49.1. The summed E-state index contributed by atoms with van der Waals surface area (Å²) in [6.07, 6.45) is 2.64. The second-order valence-electron chi connectivity index (χ2n) is 27.2. The van der Waals surface area contributed by atoms with Gasteiger partial charge in [0.1, 0.15) is 16.7 Å². The lowest BCUT2D eigenvalue weighted by Crippen LogP contribution is -2.37. The van der Waals surface area contributed by atoms with Crippen molar-refractivity contribution in [1.29, 1.82) is 0 Å². The van der Waals surface area contributed by atoms with Gasteiger partial charge in [-0.15, -0.1) is 0 Å². The summed E-state index contributed by atoms with van der Waals surface area (Å²) in [4.78, 5) is 121. The third-order valence-corrected chi connectivity index (χ3v) is 20.1. The van der Waals surface area contributed by atoms with E-state index >= 15 is 14.4 Å². The highest BCUT2D eigenvalue weighted by Gasteiger charge is 2.56. The van der Waals surface area contributed by atoms with Crippen LogP contribution in [-0.4, -0.2) is 55.8 Å². The molecule has 3 aliphatic carbocycles. The lowest BCUT2D eigenvalue weighted by Gasteiger charge is -2.28. The molecule has 13 rings (SSSR count). The highest BCUT2D eigenvalue weighted by Crippen LogP contribution is 2.56. The predicted molar refractivity (Wildman–Crippen MR) is 386 cm³/mol. The van der Waals surface area contributed by atoms with Crippen LogP contribution in [-0.2, 0) is 106 Å². The van der Waals surface area contributed by atoms with Gasteiger partial charge in [0.15, 0.2) is 0 Å². The van der Waals surface area contributed by atoms with Gasteiger partial charge in [0.25, 0.3) is 0 Å². The fraction of sp³-hybridized carbons (Fsp3) is 0.296. The van der Waals surface area contributed by atoms with Gasteiger partial charge in [-0.2, -0.15) is 0 Å². The van der Waals surface area contributed by atoms with Crippen LogP contribution in [0.1, 0.15) is 104 Å². The molecule has 3 aromatic heterocycles. The minimum Gasteiger partial charge on any atom is -0.466 e. The molecule has 522 valence electrons. The van der Waals surface area contributed by atoms with Crippen molar-refractivity contribution in [3.05, 3.63) is 260 Å². The summed E-state index contributed by atoms with van der Waals surface area (Å²) in [5, 5.41) is 19.4. The number of esters is 3. The monoisotopic (exact) mass is 1370 g/mol. The molecular formula is C81H78N6O15. The van der Waals surface area contributed by atoms with Crippen LogP contribution in [0.4, 0.5) is 31.4 Å². The molecule has 3 heterocycles. The normalized spacial score (nSPS) is 17.1. The number of rotatable bonds is 21. The second-order valence-corrected chi connectivity index (χ2v) is 27.2. The molecule has 6 N–H and O–H groups in total. The quantitative estimate of drug-likeness (QED) is 0.0221. The molecule has 0 radical (unpaired) electrons. The second kappa shape index (κ2) is 28.6. The van der Waals surface area contributed by atoms with E-state index in [9.17, 15) is 28.8 Å². The summed E-state index contributed by atoms with van der Waals surface area (Å²) < 4.78 is 34.3. The minimum atomic E-state index is -1.11. The van der Waals surface area contributed by atoms with Crippen molar-refractivity contribution in [2.24, 2.45) is 16.2 Å². The zero-order valence-corrected chi connectivity index (χ0v) is 57.6. The van der Waals surface area contributed by atoms with Crippen molar-refractivity contribution in [3.63, 3.8) is 0 Å². The van der Waals surface area contributed by atoms with Crippen molar-refractivity contribution in [3.8, 4) is 0 Å². The van der Waals surface area contributed by atoms with Crippen molar-refractivity contribution in [2.75, 3.05) is 35.8 Å². The van der Waals surface area contributed by atoms with E-state index in [2.05, 4.69) is 31.9 Å². The molecule has 0 fully saturated rings. The molecule has 3 aliphatic rings. The van der Waals surface area contributed by atoms with Gasteiger partial charge in [-0.05, 0) is 219 Å². The number of nitrogens with one attached hydrogen (secondary N) is 6. The van der Waals surface area contributed by atoms with Crippen LogP contribution in [0.5, 0.6) is 0 Å². The maximum atomic E-state index is 15.1. The first-order valence-electron chi connectivity index (χ1n) is 34.3. The largest absolute Gasteiger partial charge is 0.466 e. The van der Waals surface area contributed by atoms with Crippen molar-refractivity contribution < 1.29 is 56.2 Å². The van der Waals surface area contributed by atoms with E-state index in [0.29, 0.717) is 91.6 Å². The van der Waals surface area contributed by atoms with Gasteiger partial charge in [-0.1, -0.05) is 72.8 Å². The molecule has 0 saturated heterocycles. The summed E-state index contributed by atoms with van der Waals surface area (Å²) in [6.45, 7) is 11.8. The number of fused-ring (bicyclic) bond motifs is 9. The summed E-state index contributed by atoms with van der Waals surface area (Å²) in [6, 6.07) is 41.4. The standard InChI is InChI=1S/C81H78N6O15/c1-7-97-73(91)79(34-49-10-16-52(17-11-49)43-82-76(94)85-55-22-25-58-46(4)28-70(88)100-67(58)31-55)37-61-62(38-79)64-40-81(75(93)99-9-3,36-51-14-20-54(21-15-51)45-84-78(96)87-57-24-27-60-48(6)30-72(90)102-69(60)33-57)42-66(64)65-41-80(39-63(61)65,74(92)98-8-2)35-50-12-18-53(19-13-50)44-83-77(95)86-56-23-26-59-47(5)29-71(89)101-68(59)32-56/h10-33H,7-9,34-45H2,1-6H3,(H2,82,85,94)(H2,83,86,95)(H2,84,87,96). The van der Waals surface area contributed by atoms with Gasteiger partial charge in [-0.3, -0.25) is 14.4 Å². The van der Waals surface area contributed by atoms with E-state index in [1.807, 2.05) is 93.6 Å². The molecule has 21 nitrogen and oxygen atoms in total. The summed E-state index contributed by atoms with van der Waals surface area (Å²) >= 11 is 0. The van der Waals surface area contributed by atoms with Gasteiger partial charge in [0.05, 0.1) is 36.1 Å². The Kier molecular flexibility index (Phi) is 19.3. The van der Waals surface area contributed by atoms with Gasteiger partial charge in [-0.25, -0.2) is 28.8 Å². The zero-order valence-electron chi connectivity index (χ0n) is 57.6. The lowest BCUT2D eigenvalue weighted by atomic mass is 9.77. The summed E-state index contributed by atoms with van der Waals surface area (Å²) in [7, 11) is 0. The first-order valence-corrected chi connectivity index (χ1v) is 34.3. The molecule has 7 aromatic carbocycles. The highest BCUT2D eigenvalue weighted by molar-refractivity contribution is 5.95. The van der Waals surface area contributed by atoms with Crippen LogP contribution in [0.15, 0.2) is 173 Å². The van der Waals surface area contributed by atoms with Crippen LogP contribution in [0.3, 0.4) is 0 Å². The number of carbonyl (C=O) groups excluding carboxylic acids is 6. The molecule has 102 heavy (non-hydrogen) atoms. The third kappa shape index (κ3) is 14.4. The van der Waals surface area contributed by atoms with E-state index in [4.69, 9.17) is 27.5 Å². The van der Waals surface area contributed by atoms with E-state index < -0.39 is 51.2 Å². The Labute approximate surface area is 586 Å². The molecular weight excluding hydrogens is 1300 g/mol. The minimum absolute atomic E-state index is 0.134. The molecule has 0 bridgehead atoms. The average Bonchev–Trinajstić information content (AvgIpc) is 1.54. The molecule has 0 aliphatic heterocycles. The van der Waals surface area contributed by atoms with E-state index in [0.717, 1.165) is 99.6 Å². The van der Waals surface area contributed by atoms with Crippen LogP contribution >= 0.6 is 0 Å². The van der Waals surface area contributed by atoms with Crippen molar-refractivity contribution >= 4 is 86.0 Å². The maximum absolute atomic E-state index is 15.1. The molecule has 0 saturated carbocycles. The summed E-state index contributed by atoms with van der Waals surface area (Å²) in [5.41, 5.74) is 10.7. The Morgan fingerprint density at radius 2 is 0.578 bits per heavy atom. The number of benzene rings is 7. The molecule has 6 amide bonds. The number of aryl methyl sites for hydroxylation is 3. The molecule has 21 heteroatoms. The highest BCUT2D eigenvalue weighted by atomic mass is 16.5. The predicted octanol–water partition coefficient (Wildman–Crippen LogP) is 12.6. The number of hydrogen-bond acceptors (Lipinski definition) is 15. The molecule has 0 atom stereocenters. The molecule has 0 spiro atoms. The van der Waals surface area contributed by atoms with E-state index in [1.165, 1.54) is 18.2 Å². The van der Waals surface area contributed by atoms with Gasteiger partial charge in [0, 0.05) is 89.3 Å². The maximum Gasteiger partial charge on any atom is 0.336 e. The van der Waals surface area contributed by atoms with Crippen LogP contribution in [0.25, 0.3) is 32.9 Å². The SMILES string of the molecule is CCOC(=O)C1(Cc2ccc(CNC(=O)Nc3ccc4c(C)cc(=O)oc4c3)cc2)Cc2c3c(c4c(c2C1)CC(Cc1ccc(CNC(=O)Nc2ccc5c(C)cc(=O)oc5c2)cc1)(C(=O)OCC)C4)CC(Cc1ccc(CNC(=O)Nc2ccc4c(C)cc(=O)oc4c2)cc1)(C(=O)OCC)C3. The van der Waals surface area contributed by atoms with Crippen LogP contribution in [0.2, 0.25) is 0 Å². The Hall–Kier alpha value is -11.6. The Balaban J connectivity index is 0.775. The van der Waals surface area contributed by atoms with Crippen molar-refractivity contribution in [1.82, 2.24) is 16.0 Å². The lowest BCUT2D eigenvalue weighted by molar-refractivity contribution is -0.156. The first kappa shape index (κ1) is 68.9. The van der Waals surface area contributed by atoms with Gasteiger partial charge in [0.2, 0.25) is 0 Å². The van der Waals surface area contributed by atoms with Crippen LogP contribution in [0, 0.1) is 37.0 Å². The van der Waals surface area contributed by atoms with Gasteiger partial charge < -0.3 is 59.4 Å². The fourth-order valence-electron chi connectivity index (χ4n) is 15.2. The summed E-state index contributed by atoms with van der Waals surface area (Å²) in [5.74, 6) is -1.10. The van der Waals surface area contributed by atoms with E-state index in [1.54, 1.807) is 75.4 Å². The number of amides is 6. The average molecular weight is 1380 g/mol. The number of carbonyl (C=O) groups is 6. The number of anilines is 3. The number of hydrogen-bond donors (Lipinski definition) is 6. The topological polar surface area (TPSA) is 293 Å². The number of urea groups is 3. The fourth-order valence-corrected chi connectivity index (χ4v) is 15.2. The number of ether oxygens (including phenoxy) is 3. The third-order valence-electron chi connectivity index (χ3n) is 20.1. The molecule has 0 unspecified atom stereocenters. The van der Waals surface area contributed by atoms with E-state index in [-0.39, 0.29) is 57.4 Å². The smallest absolute Gasteiger partial charge is 0.336 e. The Morgan fingerprint density at radius 1 is 0.343 bits per heavy atom. The van der Waals surface area contributed by atoms with Crippen molar-refractivity contribution in [2.45, 2.75) is 119 Å². The molecule has 10 aromatic rings. The Morgan fingerprint density at radius 3 is 0.814 bits per heavy atom.